The van der Waals surface area contributed by atoms with Gasteiger partial charge >= 0.3 is 18.2 Å². The molecule has 6 nitrogen and oxygen atoms in total. The molecule has 0 bridgehead atoms. The molecule has 1 saturated heterocycles. The molecule has 0 spiro atoms. The molecule has 1 aliphatic rings. The van der Waals surface area contributed by atoms with Crippen molar-refractivity contribution in [3.63, 3.8) is 0 Å². The Morgan fingerprint density at radius 1 is 1.00 bits per heavy atom. The van der Waals surface area contributed by atoms with Gasteiger partial charge in [0.1, 0.15) is 6.04 Å². The highest BCUT2D eigenvalue weighted by molar-refractivity contribution is 7.97. The number of nitrogens with zero attached hydrogens (tertiary/aromatic N) is 1. The summed E-state index contributed by atoms with van der Waals surface area (Å²) in [4.78, 5) is 24.1. The molecule has 3 N–H and O–H groups in total. The van der Waals surface area contributed by atoms with E-state index in [4.69, 9.17) is 0 Å². The molecule has 1 atom stereocenters. The van der Waals surface area contributed by atoms with Gasteiger partial charge in [-0.1, -0.05) is 0 Å². The predicted octanol–water partition coefficient (Wildman–Crippen LogP) is 4.91. The summed E-state index contributed by atoms with van der Waals surface area (Å²) in [6, 6.07) is 9.90. The van der Waals surface area contributed by atoms with Crippen molar-refractivity contribution in [1.82, 2.24) is 4.31 Å². The predicted molar refractivity (Wildman–Crippen MR) is 104 cm³/mol. The Morgan fingerprint density at radius 3 is 2.07 bits per heavy atom. The molecule has 2 aromatic carbocycles. The van der Waals surface area contributed by atoms with E-state index in [2.05, 4.69) is 10.6 Å². The number of alkyl halides is 3. The second-order valence-corrected chi connectivity index (χ2v) is 7.53. The summed E-state index contributed by atoms with van der Waals surface area (Å²) in [5.41, 5.74) is -0.0638. The van der Waals surface area contributed by atoms with Crippen LogP contribution in [0.25, 0.3) is 0 Å². The van der Waals surface area contributed by atoms with Crippen LogP contribution >= 0.6 is 11.9 Å². The number of hydrogen-bond acceptors (Lipinski definition) is 4. The number of hydrogen-bond donors (Lipinski definition) is 3. The Morgan fingerprint density at radius 2 is 1.55 bits per heavy atom. The number of urea groups is 1. The van der Waals surface area contributed by atoms with Gasteiger partial charge in [0.05, 0.1) is 5.56 Å². The van der Waals surface area contributed by atoms with Gasteiger partial charge in [0.15, 0.2) is 0 Å². The molecular formula is C19H18F3N3O3S. The highest BCUT2D eigenvalue weighted by atomic mass is 32.2. The number of carboxylic acids is 1. The van der Waals surface area contributed by atoms with Crippen LogP contribution in [0.15, 0.2) is 53.4 Å². The molecule has 0 saturated carbocycles. The summed E-state index contributed by atoms with van der Waals surface area (Å²) >= 11 is 1.35. The number of carbonyl (C=O) groups excluding carboxylic acids is 1. The van der Waals surface area contributed by atoms with Gasteiger partial charge < -0.3 is 15.7 Å². The smallest absolute Gasteiger partial charge is 0.416 e. The molecule has 1 aliphatic heterocycles. The number of rotatable bonds is 5. The molecule has 0 aromatic heterocycles. The molecule has 3 rings (SSSR count). The van der Waals surface area contributed by atoms with Gasteiger partial charge in [-0.05, 0) is 73.3 Å². The lowest BCUT2D eigenvalue weighted by molar-refractivity contribution is -0.140. The third kappa shape index (κ3) is 5.64. The Labute approximate surface area is 169 Å². The van der Waals surface area contributed by atoms with Crippen molar-refractivity contribution >= 4 is 35.3 Å². The molecule has 2 aromatic rings. The standard InChI is InChI=1S/C19H18F3N3O3S/c20-19(21,22)12-3-5-13(6-4-12)23-18(28)24-14-7-9-15(10-8-14)29-25-11-1-2-16(25)17(26)27/h3-10,16H,1-2,11H2,(H,26,27)(H2,23,24,28). The van der Waals surface area contributed by atoms with Crippen LogP contribution in [0.5, 0.6) is 0 Å². The number of benzene rings is 2. The van der Waals surface area contributed by atoms with Crippen LogP contribution in [0.2, 0.25) is 0 Å². The summed E-state index contributed by atoms with van der Waals surface area (Å²) in [5.74, 6) is -0.840. The minimum atomic E-state index is -4.43. The van der Waals surface area contributed by atoms with Gasteiger partial charge in [-0.25, -0.2) is 9.10 Å². The fraction of sp³-hybridized carbons (Fsp3) is 0.263. The van der Waals surface area contributed by atoms with Crippen molar-refractivity contribution in [3.8, 4) is 0 Å². The van der Waals surface area contributed by atoms with Gasteiger partial charge in [-0.2, -0.15) is 13.2 Å². The first kappa shape index (κ1) is 21.0. The maximum atomic E-state index is 12.6. The van der Waals surface area contributed by atoms with Gasteiger partial charge in [0.25, 0.3) is 0 Å². The van der Waals surface area contributed by atoms with E-state index in [0.717, 1.165) is 23.4 Å². The minimum Gasteiger partial charge on any atom is -0.480 e. The molecule has 2 amide bonds. The monoisotopic (exact) mass is 425 g/mol. The van der Waals surface area contributed by atoms with E-state index in [0.29, 0.717) is 18.7 Å². The SMILES string of the molecule is O=C(Nc1ccc(SN2CCCC2C(=O)O)cc1)Nc1ccc(C(F)(F)F)cc1. The van der Waals surface area contributed by atoms with Crippen molar-refractivity contribution < 1.29 is 27.9 Å². The second kappa shape index (κ2) is 8.75. The molecular weight excluding hydrogens is 407 g/mol. The van der Waals surface area contributed by atoms with Crippen molar-refractivity contribution in [2.45, 2.75) is 30.0 Å². The maximum Gasteiger partial charge on any atom is 0.416 e. The number of nitrogens with one attached hydrogen (secondary N) is 2. The molecule has 29 heavy (non-hydrogen) atoms. The van der Waals surface area contributed by atoms with Gasteiger partial charge in [0.2, 0.25) is 0 Å². The summed E-state index contributed by atoms with van der Waals surface area (Å²) in [7, 11) is 0. The zero-order valence-corrected chi connectivity index (χ0v) is 15.9. The molecule has 1 unspecified atom stereocenters. The topological polar surface area (TPSA) is 81.7 Å². The van der Waals surface area contributed by atoms with Crippen LogP contribution in [0, 0.1) is 0 Å². The van der Waals surface area contributed by atoms with Crippen LogP contribution in [0.4, 0.5) is 29.3 Å². The lowest BCUT2D eigenvalue weighted by atomic mass is 10.2. The average molecular weight is 425 g/mol. The van der Waals surface area contributed by atoms with E-state index in [-0.39, 0.29) is 5.69 Å². The second-order valence-electron chi connectivity index (χ2n) is 6.41. The lowest BCUT2D eigenvalue weighted by Gasteiger charge is -2.19. The highest BCUT2D eigenvalue weighted by Crippen LogP contribution is 2.32. The van der Waals surface area contributed by atoms with E-state index in [1.54, 1.807) is 24.3 Å². The van der Waals surface area contributed by atoms with E-state index in [9.17, 15) is 27.9 Å². The van der Waals surface area contributed by atoms with Crippen LogP contribution < -0.4 is 10.6 Å². The number of aliphatic carboxylic acids is 1. The van der Waals surface area contributed by atoms with E-state index < -0.39 is 29.8 Å². The molecule has 1 fully saturated rings. The van der Waals surface area contributed by atoms with Crippen molar-refractivity contribution in [3.05, 3.63) is 54.1 Å². The zero-order chi connectivity index (χ0) is 21.0. The van der Waals surface area contributed by atoms with Gasteiger partial charge in [-0.3, -0.25) is 4.79 Å². The normalized spacial score (nSPS) is 17.1. The molecule has 1 heterocycles. The van der Waals surface area contributed by atoms with Crippen molar-refractivity contribution in [2.24, 2.45) is 0 Å². The highest BCUT2D eigenvalue weighted by Gasteiger charge is 2.31. The number of halogens is 3. The van der Waals surface area contributed by atoms with Crippen LogP contribution in [-0.2, 0) is 11.0 Å². The number of carbonyl (C=O) groups is 2. The van der Waals surface area contributed by atoms with E-state index in [1.165, 1.54) is 24.1 Å². The van der Waals surface area contributed by atoms with Gasteiger partial charge in [-0.15, -0.1) is 0 Å². The molecule has 0 aliphatic carbocycles. The first-order valence-corrected chi connectivity index (χ1v) is 9.52. The fourth-order valence-corrected chi connectivity index (χ4v) is 3.94. The Kier molecular flexibility index (Phi) is 6.33. The van der Waals surface area contributed by atoms with Crippen LogP contribution in [0.3, 0.4) is 0 Å². The van der Waals surface area contributed by atoms with Crippen molar-refractivity contribution in [1.29, 1.82) is 0 Å². The average Bonchev–Trinajstić information content (AvgIpc) is 3.11. The zero-order valence-electron chi connectivity index (χ0n) is 15.1. The minimum absolute atomic E-state index is 0.233. The van der Waals surface area contributed by atoms with Crippen LogP contribution in [0.1, 0.15) is 18.4 Å². The van der Waals surface area contributed by atoms with E-state index >= 15 is 0 Å². The van der Waals surface area contributed by atoms with E-state index in [1.807, 2.05) is 4.31 Å². The number of amides is 2. The summed E-state index contributed by atoms with van der Waals surface area (Å²) in [6.07, 6.45) is -2.99. The largest absolute Gasteiger partial charge is 0.480 e. The fourth-order valence-electron chi connectivity index (χ4n) is 2.87. The third-order valence-corrected chi connectivity index (χ3v) is 5.45. The number of carboxylic acid groups (broad SMARTS) is 1. The third-order valence-electron chi connectivity index (χ3n) is 4.29. The molecule has 10 heteroatoms. The Hall–Kier alpha value is -2.72. The summed E-state index contributed by atoms with van der Waals surface area (Å²) in [5, 5.41) is 14.3. The first-order chi connectivity index (χ1) is 13.7. The quantitative estimate of drug-likeness (QED) is 0.594. The maximum absolute atomic E-state index is 12.6. The first-order valence-electron chi connectivity index (χ1n) is 8.75. The molecule has 154 valence electrons. The summed E-state index contributed by atoms with van der Waals surface area (Å²) < 4.78 is 39.5. The summed E-state index contributed by atoms with van der Waals surface area (Å²) in [6.45, 7) is 0.692. The Balaban J connectivity index is 1.54. The lowest BCUT2D eigenvalue weighted by Crippen LogP contribution is -2.30. The number of anilines is 2. The molecule has 0 radical (unpaired) electrons. The van der Waals surface area contributed by atoms with Gasteiger partial charge in [0, 0.05) is 22.8 Å². The Bertz CT molecular complexity index is 873. The van der Waals surface area contributed by atoms with Crippen LogP contribution in [-0.4, -0.2) is 34.0 Å². The van der Waals surface area contributed by atoms with Crippen molar-refractivity contribution in [2.75, 3.05) is 17.2 Å².